The molecule has 0 atom stereocenters. The smallest absolute Gasteiger partial charge is 0.115 e. The van der Waals surface area contributed by atoms with E-state index in [0.717, 1.165) is 19.4 Å². The molecule has 0 unspecified atom stereocenters. The van der Waals surface area contributed by atoms with Crippen molar-refractivity contribution in [3.8, 4) is 5.75 Å². The summed E-state index contributed by atoms with van der Waals surface area (Å²) >= 11 is 0. The second-order valence-electron chi connectivity index (χ2n) is 5.87. The maximum atomic E-state index is 9.27. The zero-order valence-electron chi connectivity index (χ0n) is 12.6. The first-order valence-electron chi connectivity index (χ1n) is 7.45. The third kappa shape index (κ3) is 7.22. The number of hydrogen-bond acceptors (Lipinski definition) is 2. The molecular weight excluding hydrogens is 236 g/mol. The van der Waals surface area contributed by atoms with Gasteiger partial charge >= 0.3 is 0 Å². The lowest BCUT2D eigenvalue weighted by Crippen LogP contribution is -2.27. The number of benzene rings is 1. The monoisotopic (exact) mass is 264 g/mol. The maximum Gasteiger partial charge on any atom is 0.115 e. The molecule has 19 heavy (non-hydrogen) atoms. The van der Waals surface area contributed by atoms with Gasteiger partial charge in [-0.3, -0.25) is 0 Å². The van der Waals surface area contributed by atoms with Gasteiger partial charge in [0.2, 0.25) is 0 Å². The van der Waals surface area contributed by atoms with Crippen molar-refractivity contribution in [2.75, 3.05) is 6.61 Å². The average molecular weight is 264 g/mol. The fraction of sp³-hybridized carbons (Fsp3) is 0.647. The highest BCUT2D eigenvalue weighted by Gasteiger charge is 2.18. The molecule has 0 heterocycles. The Morgan fingerprint density at radius 2 is 1.63 bits per heavy atom. The molecule has 0 spiro atoms. The Morgan fingerprint density at radius 1 is 1.00 bits per heavy atom. The van der Waals surface area contributed by atoms with Crippen molar-refractivity contribution in [2.45, 2.75) is 64.9 Å². The number of unbranched alkanes of at least 4 members (excludes halogenated alkanes) is 4. The lowest BCUT2D eigenvalue weighted by atomic mass is 9.98. The molecule has 1 aromatic carbocycles. The Hall–Kier alpha value is -1.02. The summed E-state index contributed by atoms with van der Waals surface area (Å²) in [6, 6.07) is 7.38. The summed E-state index contributed by atoms with van der Waals surface area (Å²) in [5.41, 5.74) is 1.07. The van der Waals surface area contributed by atoms with Crippen molar-refractivity contribution in [1.82, 2.24) is 0 Å². The third-order valence-electron chi connectivity index (χ3n) is 3.31. The van der Waals surface area contributed by atoms with E-state index in [1.165, 1.54) is 31.2 Å². The summed E-state index contributed by atoms with van der Waals surface area (Å²) in [4.78, 5) is 0. The molecule has 0 aliphatic carbocycles. The van der Waals surface area contributed by atoms with E-state index in [0.29, 0.717) is 5.75 Å². The number of phenolic OH excluding ortho intramolecular Hbond substituents is 1. The third-order valence-corrected chi connectivity index (χ3v) is 3.31. The van der Waals surface area contributed by atoms with Crippen LogP contribution in [-0.2, 0) is 11.2 Å². The van der Waals surface area contributed by atoms with Gasteiger partial charge in [0.1, 0.15) is 5.75 Å². The molecule has 0 aliphatic heterocycles. The van der Waals surface area contributed by atoms with E-state index in [1.807, 2.05) is 12.1 Å². The number of hydrogen-bond donors (Lipinski definition) is 1. The van der Waals surface area contributed by atoms with Gasteiger partial charge in [-0.05, 0) is 38.0 Å². The second-order valence-corrected chi connectivity index (χ2v) is 5.87. The van der Waals surface area contributed by atoms with Crippen molar-refractivity contribution in [3.05, 3.63) is 29.8 Å². The predicted octanol–water partition coefficient (Wildman–Crippen LogP) is 4.70. The first-order valence-corrected chi connectivity index (χ1v) is 7.45. The minimum atomic E-state index is -0.137. The van der Waals surface area contributed by atoms with Crippen LogP contribution in [0, 0.1) is 0 Å². The molecule has 0 radical (unpaired) electrons. The Morgan fingerprint density at radius 3 is 2.26 bits per heavy atom. The van der Waals surface area contributed by atoms with Gasteiger partial charge < -0.3 is 9.84 Å². The summed E-state index contributed by atoms with van der Waals surface area (Å²) in [5.74, 6) is 0.318. The van der Waals surface area contributed by atoms with Gasteiger partial charge in [-0.1, -0.05) is 44.7 Å². The summed E-state index contributed by atoms with van der Waals surface area (Å²) in [7, 11) is 0. The van der Waals surface area contributed by atoms with Gasteiger partial charge in [-0.15, -0.1) is 0 Å². The highest BCUT2D eigenvalue weighted by atomic mass is 16.5. The van der Waals surface area contributed by atoms with Crippen molar-refractivity contribution in [3.63, 3.8) is 0 Å². The topological polar surface area (TPSA) is 29.5 Å². The van der Waals surface area contributed by atoms with Crippen molar-refractivity contribution in [2.24, 2.45) is 0 Å². The van der Waals surface area contributed by atoms with Gasteiger partial charge in [-0.25, -0.2) is 0 Å². The van der Waals surface area contributed by atoms with Crippen LogP contribution in [0.5, 0.6) is 5.75 Å². The fourth-order valence-corrected chi connectivity index (χ4v) is 2.21. The SMILES string of the molecule is CCCCCCCOC(C)(C)Cc1ccc(O)cc1. The van der Waals surface area contributed by atoms with Gasteiger partial charge in [0.15, 0.2) is 0 Å². The number of ether oxygens (including phenoxy) is 1. The van der Waals surface area contributed by atoms with E-state index in [-0.39, 0.29) is 5.60 Å². The molecule has 0 aromatic heterocycles. The van der Waals surface area contributed by atoms with Gasteiger partial charge in [0.25, 0.3) is 0 Å². The second kappa shape index (κ2) is 8.21. The molecule has 2 heteroatoms. The van der Waals surface area contributed by atoms with E-state index in [2.05, 4.69) is 20.8 Å². The van der Waals surface area contributed by atoms with Crippen LogP contribution in [0.2, 0.25) is 0 Å². The zero-order valence-corrected chi connectivity index (χ0v) is 12.6. The average Bonchev–Trinajstić information content (AvgIpc) is 2.36. The number of rotatable bonds is 9. The molecule has 0 saturated heterocycles. The maximum absolute atomic E-state index is 9.27. The normalized spacial score (nSPS) is 11.7. The zero-order chi connectivity index (χ0) is 14.1. The van der Waals surface area contributed by atoms with Gasteiger partial charge in [-0.2, -0.15) is 0 Å². The summed E-state index contributed by atoms with van der Waals surface area (Å²) < 4.78 is 5.98. The summed E-state index contributed by atoms with van der Waals surface area (Å²) in [6.07, 6.45) is 7.23. The molecule has 0 aliphatic rings. The first-order chi connectivity index (χ1) is 9.03. The Labute approximate surface area is 117 Å². The Bertz CT molecular complexity index is 341. The van der Waals surface area contributed by atoms with Crippen molar-refractivity contribution < 1.29 is 9.84 Å². The first kappa shape index (κ1) is 16.0. The Kier molecular flexibility index (Phi) is 6.93. The molecule has 1 aromatic rings. The highest BCUT2D eigenvalue weighted by Crippen LogP contribution is 2.19. The standard InChI is InChI=1S/C17H28O2/c1-4-5-6-7-8-13-19-17(2,3)14-15-9-11-16(18)12-10-15/h9-12,18H,4-8,13-14H2,1-3H3. The highest BCUT2D eigenvalue weighted by molar-refractivity contribution is 5.26. The predicted molar refractivity (Wildman–Crippen MR) is 80.6 cm³/mol. The summed E-state index contributed by atoms with van der Waals surface area (Å²) in [6.45, 7) is 7.34. The van der Waals surface area contributed by atoms with Gasteiger partial charge in [0, 0.05) is 13.0 Å². The minimum absolute atomic E-state index is 0.137. The van der Waals surface area contributed by atoms with E-state index in [9.17, 15) is 5.11 Å². The van der Waals surface area contributed by atoms with E-state index >= 15 is 0 Å². The molecule has 0 fully saturated rings. The van der Waals surface area contributed by atoms with Crippen LogP contribution >= 0.6 is 0 Å². The molecule has 0 saturated carbocycles. The molecular formula is C17H28O2. The van der Waals surface area contributed by atoms with E-state index in [1.54, 1.807) is 12.1 Å². The van der Waals surface area contributed by atoms with Crippen LogP contribution in [0.3, 0.4) is 0 Å². The summed E-state index contributed by atoms with van der Waals surface area (Å²) in [5, 5.41) is 9.27. The van der Waals surface area contributed by atoms with Crippen LogP contribution in [0.25, 0.3) is 0 Å². The quantitative estimate of drug-likeness (QED) is 0.655. The molecule has 2 nitrogen and oxygen atoms in total. The molecule has 0 bridgehead atoms. The van der Waals surface area contributed by atoms with Crippen LogP contribution in [-0.4, -0.2) is 17.3 Å². The van der Waals surface area contributed by atoms with Crippen LogP contribution < -0.4 is 0 Å². The van der Waals surface area contributed by atoms with E-state index in [4.69, 9.17) is 4.74 Å². The van der Waals surface area contributed by atoms with Crippen LogP contribution in [0.1, 0.15) is 58.4 Å². The molecule has 108 valence electrons. The Balaban J connectivity index is 2.25. The van der Waals surface area contributed by atoms with Crippen molar-refractivity contribution in [1.29, 1.82) is 0 Å². The van der Waals surface area contributed by atoms with Gasteiger partial charge in [0.05, 0.1) is 5.60 Å². The van der Waals surface area contributed by atoms with Crippen LogP contribution in [0.15, 0.2) is 24.3 Å². The number of aromatic hydroxyl groups is 1. The molecule has 1 rings (SSSR count). The lowest BCUT2D eigenvalue weighted by molar-refractivity contribution is -0.0187. The lowest BCUT2D eigenvalue weighted by Gasteiger charge is -2.25. The van der Waals surface area contributed by atoms with E-state index < -0.39 is 0 Å². The van der Waals surface area contributed by atoms with Crippen molar-refractivity contribution >= 4 is 0 Å². The minimum Gasteiger partial charge on any atom is -0.508 e. The molecule has 0 amide bonds. The number of phenols is 1. The van der Waals surface area contributed by atoms with Crippen LogP contribution in [0.4, 0.5) is 0 Å². The largest absolute Gasteiger partial charge is 0.508 e. The fourth-order valence-electron chi connectivity index (χ4n) is 2.21. The molecule has 1 N–H and O–H groups in total.